The standard InChI is InChI=1S/C12H13FN2O2/c1-7(13)8-3-4-10(16-2)9(5-8)11-6-12(14)15-17-11/h3-7H,1-2H3,(H2,14,15). The van der Waals surface area contributed by atoms with E-state index in [-0.39, 0.29) is 5.82 Å². The molecule has 1 aromatic carbocycles. The van der Waals surface area contributed by atoms with Gasteiger partial charge < -0.3 is 15.0 Å². The predicted octanol–water partition coefficient (Wildman–Crippen LogP) is 2.96. The fourth-order valence-corrected chi connectivity index (χ4v) is 1.58. The van der Waals surface area contributed by atoms with Crippen molar-refractivity contribution in [2.45, 2.75) is 13.1 Å². The Balaban J connectivity index is 2.53. The summed E-state index contributed by atoms with van der Waals surface area (Å²) in [5.41, 5.74) is 6.67. The van der Waals surface area contributed by atoms with Crippen molar-refractivity contribution in [2.24, 2.45) is 0 Å². The normalized spacial score (nSPS) is 12.4. The molecule has 1 aromatic heterocycles. The molecule has 0 aliphatic carbocycles. The number of hydrogen-bond donors (Lipinski definition) is 1. The van der Waals surface area contributed by atoms with Gasteiger partial charge in [0.1, 0.15) is 11.9 Å². The Kier molecular flexibility index (Phi) is 2.99. The Morgan fingerprint density at radius 2 is 2.18 bits per heavy atom. The molecule has 0 saturated carbocycles. The topological polar surface area (TPSA) is 61.3 Å². The lowest BCUT2D eigenvalue weighted by Gasteiger charge is -2.09. The second-order valence-corrected chi connectivity index (χ2v) is 3.69. The van der Waals surface area contributed by atoms with Crippen LogP contribution in [0.4, 0.5) is 10.2 Å². The van der Waals surface area contributed by atoms with E-state index in [1.807, 2.05) is 0 Å². The van der Waals surface area contributed by atoms with Crippen LogP contribution >= 0.6 is 0 Å². The Hall–Kier alpha value is -2.04. The molecule has 2 aromatic rings. The fourth-order valence-electron chi connectivity index (χ4n) is 1.58. The van der Waals surface area contributed by atoms with Crippen LogP contribution in [0.2, 0.25) is 0 Å². The maximum absolute atomic E-state index is 13.3. The number of ether oxygens (including phenoxy) is 1. The van der Waals surface area contributed by atoms with Gasteiger partial charge in [-0.2, -0.15) is 0 Å². The number of alkyl halides is 1. The number of nitrogen functional groups attached to an aromatic ring is 1. The molecule has 2 rings (SSSR count). The lowest BCUT2D eigenvalue weighted by Crippen LogP contribution is -1.91. The fraction of sp³-hybridized carbons (Fsp3) is 0.250. The molecule has 4 nitrogen and oxygen atoms in total. The van der Waals surface area contributed by atoms with Crippen molar-refractivity contribution in [3.63, 3.8) is 0 Å². The second-order valence-electron chi connectivity index (χ2n) is 3.69. The molecular weight excluding hydrogens is 223 g/mol. The monoisotopic (exact) mass is 236 g/mol. The number of aromatic nitrogens is 1. The molecule has 1 heterocycles. The molecular formula is C12H13FN2O2. The Morgan fingerprint density at radius 3 is 2.71 bits per heavy atom. The summed E-state index contributed by atoms with van der Waals surface area (Å²) in [6.45, 7) is 1.47. The number of hydrogen-bond acceptors (Lipinski definition) is 4. The summed E-state index contributed by atoms with van der Waals surface area (Å²) in [5, 5.41) is 3.60. The van der Waals surface area contributed by atoms with E-state index in [1.54, 1.807) is 24.3 Å². The molecule has 90 valence electrons. The molecule has 0 saturated heterocycles. The van der Waals surface area contributed by atoms with E-state index in [9.17, 15) is 4.39 Å². The van der Waals surface area contributed by atoms with Gasteiger partial charge in [0.15, 0.2) is 11.6 Å². The van der Waals surface area contributed by atoms with Gasteiger partial charge in [0.05, 0.1) is 12.7 Å². The Labute approximate surface area is 98.2 Å². The van der Waals surface area contributed by atoms with E-state index in [0.29, 0.717) is 22.6 Å². The average Bonchev–Trinajstić information content (AvgIpc) is 2.74. The van der Waals surface area contributed by atoms with E-state index in [2.05, 4.69) is 5.16 Å². The van der Waals surface area contributed by atoms with Crippen LogP contribution in [-0.4, -0.2) is 12.3 Å². The smallest absolute Gasteiger partial charge is 0.172 e. The second kappa shape index (κ2) is 4.45. The lowest BCUT2D eigenvalue weighted by molar-refractivity contribution is 0.372. The van der Waals surface area contributed by atoms with Gasteiger partial charge in [-0.25, -0.2) is 4.39 Å². The Bertz CT molecular complexity index is 523. The van der Waals surface area contributed by atoms with Crippen molar-refractivity contribution in [2.75, 3.05) is 12.8 Å². The lowest BCUT2D eigenvalue weighted by atomic mass is 10.0. The van der Waals surface area contributed by atoms with Crippen LogP contribution in [0.15, 0.2) is 28.8 Å². The van der Waals surface area contributed by atoms with Crippen LogP contribution in [0, 0.1) is 0 Å². The van der Waals surface area contributed by atoms with Gasteiger partial charge in [0, 0.05) is 6.07 Å². The third-order valence-electron chi connectivity index (χ3n) is 2.48. The summed E-state index contributed by atoms with van der Waals surface area (Å²) in [7, 11) is 1.54. The van der Waals surface area contributed by atoms with Crippen molar-refractivity contribution in [1.82, 2.24) is 5.16 Å². The van der Waals surface area contributed by atoms with E-state index in [4.69, 9.17) is 15.0 Å². The van der Waals surface area contributed by atoms with Gasteiger partial charge in [0.25, 0.3) is 0 Å². The highest BCUT2D eigenvalue weighted by Gasteiger charge is 2.14. The zero-order valence-electron chi connectivity index (χ0n) is 9.61. The average molecular weight is 236 g/mol. The first kappa shape index (κ1) is 11.4. The van der Waals surface area contributed by atoms with Crippen LogP contribution < -0.4 is 10.5 Å². The SMILES string of the molecule is COc1ccc(C(C)F)cc1-c1cc(N)no1. The van der Waals surface area contributed by atoms with Gasteiger partial charge in [-0.05, 0) is 24.6 Å². The third kappa shape index (κ3) is 2.22. The first-order valence-corrected chi connectivity index (χ1v) is 5.16. The summed E-state index contributed by atoms with van der Waals surface area (Å²) < 4.78 is 23.5. The summed E-state index contributed by atoms with van der Waals surface area (Å²) >= 11 is 0. The number of benzene rings is 1. The summed E-state index contributed by atoms with van der Waals surface area (Å²) in [6, 6.07) is 6.61. The van der Waals surface area contributed by atoms with Gasteiger partial charge >= 0.3 is 0 Å². The third-order valence-corrected chi connectivity index (χ3v) is 2.48. The molecule has 0 spiro atoms. The summed E-state index contributed by atoms with van der Waals surface area (Å²) in [4.78, 5) is 0. The van der Waals surface area contributed by atoms with Gasteiger partial charge in [0.2, 0.25) is 0 Å². The minimum atomic E-state index is -1.06. The quantitative estimate of drug-likeness (QED) is 0.889. The minimum absolute atomic E-state index is 0.278. The number of nitrogens with zero attached hydrogens (tertiary/aromatic N) is 1. The molecule has 0 fully saturated rings. The highest BCUT2D eigenvalue weighted by molar-refractivity contribution is 5.68. The minimum Gasteiger partial charge on any atom is -0.496 e. The highest BCUT2D eigenvalue weighted by Crippen LogP contribution is 2.33. The molecule has 1 unspecified atom stereocenters. The number of anilines is 1. The molecule has 17 heavy (non-hydrogen) atoms. The van der Waals surface area contributed by atoms with Crippen LogP contribution in [0.3, 0.4) is 0 Å². The molecule has 5 heteroatoms. The van der Waals surface area contributed by atoms with E-state index < -0.39 is 6.17 Å². The molecule has 0 aliphatic rings. The van der Waals surface area contributed by atoms with Crippen molar-refractivity contribution in [1.29, 1.82) is 0 Å². The van der Waals surface area contributed by atoms with E-state index >= 15 is 0 Å². The first-order valence-electron chi connectivity index (χ1n) is 5.16. The van der Waals surface area contributed by atoms with E-state index in [0.717, 1.165) is 0 Å². The predicted molar refractivity (Wildman–Crippen MR) is 62.4 cm³/mol. The zero-order valence-corrected chi connectivity index (χ0v) is 9.61. The van der Waals surface area contributed by atoms with Gasteiger partial charge in [-0.1, -0.05) is 11.2 Å². The van der Waals surface area contributed by atoms with Gasteiger partial charge in [-0.15, -0.1) is 0 Å². The number of nitrogens with two attached hydrogens (primary N) is 1. The van der Waals surface area contributed by atoms with Crippen LogP contribution in [0.25, 0.3) is 11.3 Å². The van der Waals surface area contributed by atoms with Crippen molar-refractivity contribution >= 4 is 5.82 Å². The van der Waals surface area contributed by atoms with Crippen LogP contribution in [0.1, 0.15) is 18.7 Å². The first-order chi connectivity index (χ1) is 8.11. The molecule has 0 aliphatic heterocycles. The summed E-state index contributed by atoms with van der Waals surface area (Å²) in [6.07, 6.45) is -1.06. The van der Waals surface area contributed by atoms with Crippen molar-refractivity contribution in [3.05, 3.63) is 29.8 Å². The van der Waals surface area contributed by atoms with Crippen LogP contribution in [0.5, 0.6) is 5.75 Å². The van der Waals surface area contributed by atoms with E-state index in [1.165, 1.54) is 14.0 Å². The molecule has 2 N–H and O–H groups in total. The molecule has 0 radical (unpaired) electrons. The number of methoxy groups -OCH3 is 1. The summed E-state index contributed by atoms with van der Waals surface area (Å²) in [5.74, 6) is 1.33. The Morgan fingerprint density at radius 1 is 1.41 bits per heavy atom. The van der Waals surface area contributed by atoms with Gasteiger partial charge in [-0.3, -0.25) is 0 Å². The van der Waals surface area contributed by atoms with Crippen molar-refractivity contribution < 1.29 is 13.7 Å². The number of rotatable bonds is 3. The van der Waals surface area contributed by atoms with Crippen LogP contribution in [-0.2, 0) is 0 Å². The highest BCUT2D eigenvalue weighted by atomic mass is 19.1. The largest absolute Gasteiger partial charge is 0.496 e. The zero-order chi connectivity index (χ0) is 12.4. The molecule has 0 bridgehead atoms. The van der Waals surface area contributed by atoms with Crippen molar-refractivity contribution in [3.8, 4) is 17.1 Å². The maximum Gasteiger partial charge on any atom is 0.172 e. The molecule has 1 atom stereocenters. The number of halogens is 1. The molecule has 0 amide bonds. The maximum atomic E-state index is 13.3.